The fourth-order valence-electron chi connectivity index (χ4n) is 6.06. The van der Waals surface area contributed by atoms with E-state index in [0.717, 1.165) is 25.7 Å². The molecule has 2 aliphatic heterocycles. The monoisotopic (exact) mass is 492 g/mol. The zero-order valence-corrected chi connectivity index (χ0v) is 20.3. The predicted molar refractivity (Wildman–Crippen MR) is 133 cm³/mol. The molecule has 2 fully saturated rings. The number of amides is 3. The highest BCUT2D eigenvalue weighted by Crippen LogP contribution is 2.49. The van der Waals surface area contributed by atoms with Crippen LogP contribution in [0.25, 0.3) is 6.08 Å². The molecule has 4 heterocycles. The molecule has 36 heavy (non-hydrogen) atoms. The van der Waals surface area contributed by atoms with Gasteiger partial charge < -0.3 is 25.2 Å². The van der Waals surface area contributed by atoms with E-state index in [1.165, 1.54) is 6.33 Å². The van der Waals surface area contributed by atoms with Crippen LogP contribution in [0.5, 0.6) is 0 Å². The first-order valence-corrected chi connectivity index (χ1v) is 12.6. The number of nitrogens with one attached hydrogen (secondary N) is 2. The van der Waals surface area contributed by atoms with Crippen molar-refractivity contribution in [3.63, 3.8) is 0 Å². The second-order valence-corrected chi connectivity index (χ2v) is 9.79. The summed E-state index contributed by atoms with van der Waals surface area (Å²) in [5.74, 6) is -1.12. The van der Waals surface area contributed by atoms with Crippen molar-refractivity contribution in [2.45, 2.75) is 63.8 Å². The van der Waals surface area contributed by atoms with Crippen molar-refractivity contribution in [2.24, 2.45) is 11.8 Å². The Bertz CT molecular complexity index is 1210. The van der Waals surface area contributed by atoms with Crippen molar-refractivity contribution in [3.05, 3.63) is 64.1 Å². The lowest BCUT2D eigenvalue weighted by Gasteiger charge is -2.32. The second-order valence-electron chi connectivity index (χ2n) is 9.79. The lowest BCUT2D eigenvalue weighted by molar-refractivity contribution is -0.126. The van der Waals surface area contributed by atoms with Gasteiger partial charge in [-0.25, -0.2) is 14.8 Å². The highest BCUT2D eigenvalue weighted by atomic mass is 16.3. The fourth-order valence-corrected chi connectivity index (χ4v) is 6.06. The minimum atomic E-state index is -0.868. The van der Waals surface area contributed by atoms with E-state index in [9.17, 15) is 19.5 Å². The molecule has 1 aliphatic carbocycles. The zero-order chi connectivity index (χ0) is 25.2. The Balaban J connectivity index is 1.49. The largest absolute Gasteiger partial charge is 0.396 e. The molecule has 0 aromatic carbocycles. The number of carbonyl (C=O) groups excluding carboxylic acids is 2. The molecule has 10 nitrogen and oxygen atoms in total. The van der Waals surface area contributed by atoms with Gasteiger partial charge in [0.1, 0.15) is 12.4 Å². The first kappa shape index (κ1) is 24.2. The molecule has 1 saturated carbocycles. The SMILES string of the molecule is C/C=C/c1ccc2n(c1=O)C[C@@H]1[C@@H](CO)[C@H](C(=O)NCc3ccncn3)N(C(=O)NC3CCCC3)[C@H]21. The van der Waals surface area contributed by atoms with Gasteiger partial charge in [0, 0.05) is 48.5 Å². The minimum absolute atomic E-state index is 0.0644. The van der Waals surface area contributed by atoms with Crippen molar-refractivity contribution in [1.82, 2.24) is 30.1 Å². The average molecular weight is 493 g/mol. The van der Waals surface area contributed by atoms with E-state index in [1.54, 1.807) is 33.9 Å². The van der Waals surface area contributed by atoms with Gasteiger partial charge in [0.15, 0.2) is 0 Å². The normalized spacial score (nSPS) is 25.2. The van der Waals surface area contributed by atoms with Crippen LogP contribution >= 0.6 is 0 Å². The van der Waals surface area contributed by atoms with Crippen LogP contribution in [0.2, 0.25) is 0 Å². The Labute approximate surface area is 209 Å². The summed E-state index contributed by atoms with van der Waals surface area (Å²) in [6.07, 6.45) is 10.5. The molecule has 4 atom stereocenters. The number of nitrogens with zero attached hydrogens (tertiary/aromatic N) is 4. The van der Waals surface area contributed by atoms with E-state index in [4.69, 9.17) is 0 Å². The fraction of sp³-hybridized carbons (Fsp3) is 0.500. The van der Waals surface area contributed by atoms with Crippen molar-refractivity contribution in [2.75, 3.05) is 6.61 Å². The molecule has 2 aromatic rings. The molecule has 3 aliphatic rings. The molecule has 3 amide bonds. The lowest BCUT2D eigenvalue weighted by Crippen LogP contribution is -2.54. The van der Waals surface area contributed by atoms with Crippen LogP contribution in [-0.2, 0) is 17.9 Å². The molecule has 10 heteroatoms. The molecule has 0 unspecified atom stereocenters. The van der Waals surface area contributed by atoms with Crippen molar-refractivity contribution in [3.8, 4) is 0 Å². The summed E-state index contributed by atoms with van der Waals surface area (Å²) in [5.41, 5.74) is 1.79. The molecular weight excluding hydrogens is 460 g/mol. The van der Waals surface area contributed by atoms with E-state index in [-0.39, 0.29) is 42.6 Å². The molecule has 1 saturated heterocycles. The zero-order valence-electron chi connectivity index (χ0n) is 20.3. The number of rotatable bonds is 6. The van der Waals surface area contributed by atoms with Gasteiger partial charge in [-0.1, -0.05) is 25.0 Å². The predicted octanol–water partition coefficient (Wildman–Crippen LogP) is 1.60. The number of likely N-dealkylation sites (tertiary alicyclic amines) is 1. The topological polar surface area (TPSA) is 129 Å². The number of carbonyl (C=O) groups is 2. The Kier molecular flexibility index (Phi) is 6.86. The summed E-state index contributed by atoms with van der Waals surface area (Å²) in [4.78, 5) is 50.0. The molecule has 190 valence electrons. The standard InChI is InChI=1S/C26H32N6O4/c1-2-5-16-8-9-21-22-19(13-31(21)25(16)35)20(14-33)23(24(34)28-12-18-10-11-27-15-29-18)32(22)26(36)30-17-6-3-4-7-17/h2,5,8-11,15,17,19-20,22-23,33H,3-4,6-7,12-14H2,1H3,(H,28,34)(H,30,36)/b5-2+/t19-,20-,22+,23-/m1/s1. The second kappa shape index (κ2) is 10.2. The number of aliphatic hydroxyl groups excluding tert-OH is 1. The number of hydrogen-bond acceptors (Lipinski definition) is 6. The Morgan fingerprint density at radius 2 is 2.03 bits per heavy atom. The third-order valence-electron chi connectivity index (χ3n) is 7.72. The molecular formula is C26H32N6O4. The van der Waals surface area contributed by atoms with Gasteiger partial charge >= 0.3 is 6.03 Å². The minimum Gasteiger partial charge on any atom is -0.396 e. The Hall–Kier alpha value is -3.53. The van der Waals surface area contributed by atoms with Crippen LogP contribution < -0.4 is 16.2 Å². The van der Waals surface area contributed by atoms with Crippen molar-refractivity contribution < 1.29 is 14.7 Å². The van der Waals surface area contributed by atoms with Crippen LogP contribution in [0.15, 0.2) is 41.6 Å². The molecule has 0 spiro atoms. The maximum atomic E-state index is 13.7. The number of urea groups is 1. The summed E-state index contributed by atoms with van der Waals surface area (Å²) in [6, 6.07) is 3.73. The van der Waals surface area contributed by atoms with Crippen LogP contribution in [0.1, 0.15) is 55.6 Å². The summed E-state index contributed by atoms with van der Waals surface area (Å²) < 4.78 is 1.69. The number of pyridine rings is 1. The summed E-state index contributed by atoms with van der Waals surface area (Å²) in [7, 11) is 0. The van der Waals surface area contributed by atoms with Gasteiger partial charge in [-0.05, 0) is 38.0 Å². The van der Waals surface area contributed by atoms with E-state index in [1.807, 2.05) is 19.1 Å². The Morgan fingerprint density at radius 3 is 2.72 bits per heavy atom. The lowest BCUT2D eigenvalue weighted by atomic mass is 9.88. The van der Waals surface area contributed by atoms with Gasteiger partial charge in [-0.15, -0.1) is 0 Å². The molecule has 0 bridgehead atoms. The van der Waals surface area contributed by atoms with Crippen LogP contribution in [0.3, 0.4) is 0 Å². The van der Waals surface area contributed by atoms with E-state index in [2.05, 4.69) is 20.6 Å². The van der Waals surface area contributed by atoms with Gasteiger partial charge in [-0.2, -0.15) is 0 Å². The highest BCUT2D eigenvalue weighted by molar-refractivity contribution is 5.88. The van der Waals surface area contributed by atoms with Gasteiger partial charge in [-0.3, -0.25) is 9.59 Å². The van der Waals surface area contributed by atoms with E-state index in [0.29, 0.717) is 23.5 Å². The smallest absolute Gasteiger partial charge is 0.318 e. The quantitative estimate of drug-likeness (QED) is 0.562. The summed E-state index contributed by atoms with van der Waals surface area (Å²) in [5, 5.41) is 16.4. The number of hydrogen-bond donors (Lipinski definition) is 3. The third-order valence-corrected chi connectivity index (χ3v) is 7.72. The number of aliphatic hydroxyl groups is 1. The van der Waals surface area contributed by atoms with Crippen LogP contribution in [0.4, 0.5) is 4.79 Å². The molecule has 2 aromatic heterocycles. The number of fused-ring (bicyclic) bond motifs is 3. The molecule has 5 rings (SSSR count). The number of aromatic nitrogens is 3. The van der Waals surface area contributed by atoms with Gasteiger partial charge in [0.25, 0.3) is 5.56 Å². The first-order valence-electron chi connectivity index (χ1n) is 12.6. The maximum Gasteiger partial charge on any atom is 0.318 e. The average Bonchev–Trinajstić information content (AvgIpc) is 3.60. The van der Waals surface area contributed by atoms with Crippen molar-refractivity contribution in [1.29, 1.82) is 0 Å². The molecule has 0 radical (unpaired) electrons. The summed E-state index contributed by atoms with van der Waals surface area (Å²) >= 11 is 0. The Morgan fingerprint density at radius 1 is 1.22 bits per heavy atom. The maximum absolute atomic E-state index is 13.7. The van der Waals surface area contributed by atoms with Gasteiger partial charge in [0.2, 0.25) is 5.91 Å². The first-order chi connectivity index (χ1) is 17.5. The molecule has 3 N–H and O–H groups in total. The highest BCUT2D eigenvalue weighted by Gasteiger charge is 2.57. The number of allylic oxidation sites excluding steroid dienone is 1. The van der Waals surface area contributed by atoms with E-state index >= 15 is 0 Å². The van der Waals surface area contributed by atoms with Crippen LogP contribution in [0, 0.1) is 11.8 Å². The third kappa shape index (κ3) is 4.30. The van der Waals surface area contributed by atoms with E-state index < -0.39 is 18.0 Å². The van der Waals surface area contributed by atoms with Gasteiger partial charge in [0.05, 0.1) is 18.3 Å². The summed E-state index contributed by atoms with van der Waals surface area (Å²) in [6.45, 7) is 2.11. The van der Waals surface area contributed by atoms with Crippen molar-refractivity contribution >= 4 is 18.0 Å². The van der Waals surface area contributed by atoms with Crippen LogP contribution in [-0.4, -0.2) is 55.2 Å².